The zero-order valence-corrected chi connectivity index (χ0v) is 13.3. The minimum atomic E-state index is -4.36. The first-order valence-electron chi connectivity index (χ1n) is 8.15. The number of benzene rings is 2. The molecule has 2 aromatic rings. The molecule has 0 spiro atoms. The van der Waals surface area contributed by atoms with E-state index in [0.29, 0.717) is 0 Å². The van der Waals surface area contributed by atoms with Crippen molar-refractivity contribution < 1.29 is 13.2 Å². The molecular weight excluding hydrogens is 311 g/mol. The molecule has 1 N–H and O–H groups in total. The molecule has 24 heavy (non-hydrogen) atoms. The lowest BCUT2D eigenvalue weighted by Gasteiger charge is -2.38. The van der Waals surface area contributed by atoms with Gasteiger partial charge in [0.25, 0.3) is 0 Å². The minimum Gasteiger partial charge on any atom is -0.377 e. The molecule has 0 saturated carbocycles. The van der Waals surface area contributed by atoms with Crippen molar-refractivity contribution in [3.63, 3.8) is 0 Å². The Morgan fingerprint density at radius 3 is 2.50 bits per heavy atom. The summed E-state index contributed by atoms with van der Waals surface area (Å²) >= 11 is 0. The standard InChI is InChI=1S/C20H18F3N/c1-12-8-10-13(11-9-12)18-15-5-2-4-14(15)16-6-3-7-17(19(16)24-18)20(21,22)23/h2-4,6-11,14-15,18,24H,5H2,1H3/t14-,15-,18+/m1/s1. The van der Waals surface area contributed by atoms with E-state index < -0.39 is 11.7 Å². The van der Waals surface area contributed by atoms with Crippen molar-refractivity contribution in [3.05, 3.63) is 76.9 Å². The molecule has 1 heterocycles. The number of alkyl halides is 3. The van der Waals surface area contributed by atoms with Gasteiger partial charge >= 0.3 is 6.18 Å². The summed E-state index contributed by atoms with van der Waals surface area (Å²) < 4.78 is 40.3. The molecule has 0 saturated heterocycles. The van der Waals surface area contributed by atoms with Crippen molar-refractivity contribution in [2.45, 2.75) is 31.5 Å². The van der Waals surface area contributed by atoms with Crippen molar-refractivity contribution in [2.24, 2.45) is 5.92 Å². The predicted molar refractivity (Wildman–Crippen MR) is 89.0 cm³/mol. The Balaban J connectivity index is 1.84. The quantitative estimate of drug-likeness (QED) is 0.648. The van der Waals surface area contributed by atoms with Gasteiger partial charge in [-0.3, -0.25) is 0 Å². The van der Waals surface area contributed by atoms with Crippen LogP contribution in [-0.4, -0.2) is 0 Å². The van der Waals surface area contributed by atoms with Crippen molar-refractivity contribution in [2.75, 3.05) is 5.32 Å². The maximum absolute atomic E-state index is 13.4. The summed E-state index contributed by atoms with van der Waals surface area (Å²) in [5, 5.41) is 3.22. The molecule has 0 fully saturated rings. The molecular formula is C20H18F3N. The lowest BCUT2D eigenvalue weighted by Crippen LogP contribution is -2.30. The van der Waals surface area contributed by atoms with Crippen LogP contribution in [0.1, 0.15) is 40.6 Å². The van der Waals surface area contributed by atoms with Gasteiger partial charge in [-0.05, 0) is 36.5 Å². The lowest BCUT2D eigenvalue weighted by molar-refractivity contribution is -0.137. The van der Waals surface area contributed by atoms with Crippen LogP contribution >= 0.6 is 0 Å². The summed E-state index contributed by atoms with van der Waals surface area (Å²) in [7, 11) is 0. The average Bonchev–Trinajstić information content (AvgIpc) is 3.03. The Morgan fingerprint density at radius 1 is 1.04 bits per heavy atom. The van der Waals surface area contributed by atoms with Gasteiger partial charge in [0.1, 0.15) is 0 Å². The van der Waals surface area contributed by atoms with Gasteiger partial charge in [0.2, 0.25) is 0 Å². The second-order valence-electron chi connectivity index (χ2n) is 6.65. The number of aryl methyl sites for hydroxylation is 1. The SMILES string of the molecule is Cc1ccc([C@@H]2Nc3c(cccc3C(F)(F)F)[C@@H]3C=CC[C@H]32)cc1. The largest absolute Gasteiger partial charge is 0.418 e. The Kier molecular flexibility index (Phi) is 3.44. The molecule has 0 unspecified atom stereocenters. The number of hydrogen-bond acceptors (Lipinski definition) is 1. The summed E-state index contributed by atoms with van der Waals surface area (Å²) in [5.74, 6) is 0.290. The van der Waals surface area contributed by atoms with Crippen molar-refractivity contribution >= 4 is 5.69 Å². The molecule has 1 aliphatic heterocycles. The molecule has 2 aromatic carbocycles. The normalized spacial score (nSPS) is 25.1. The number of nitrogens with one attached hydrogen (secondary N) is 1. The smallest absolute Gasteiger partial charge is 0.377 e. The van der Waals surface area contributed by atoms with Crippen molar-refractivity contribution in [1.29, 1.82) is 0 Å². The minimum absolute atomic E-state index is 0.0369. The van der Waals surface area contributed by atoms with Gasteiger partial charge in [0.15, 0.2) is 0 Å². The first-order chi connectivity index (χ1) is 11.4. The molecule has 3 atom stereocenters. The van der Waals surface area contributed by atoms with Crippen LogP contribution in [0.3, 0.4) is 0 Å². The molecule has 124 valence electrons. The molecule has 2 aliphatic rings. The highest BCUT2D eigenvalue weighted by molar-refractivity contribution is 5.65. The van der Waals surface area contributed by atoms with Crippen LogP contribution in [0.2, 0.25) is 0 Å². The van der Waals surface area contributed by atoms with Crippen LogP contribution in [0, 0.1) is 12.8 Å². The highest BCUT2D eigenvalue weighted by Gasteiger charge is 2.42. The van der Waals surface area contributed by atoms with Crippen LogP contribution in [-0.2, 0) is 6.18 Å². The van der Waals surface area contributed by atoms with Crippen LogP contribution in [0.5, 0.6) is 0 Å². The van der Waals surface area contributed by atoms with Crippen LogP contribution in [0.4, 0.5) is 18.9 Å². The Morgan fingerprint density at radius 2 is 1.79 bits per heavy atom. The summed E-state index contributed by atoms with van der Waals surface area (Å²) in [6.45, 7) is 2.01. The predicted octanol–water partition coefficient (Wildman–Crippen LogP) is 5.84. The molecule has 4 rings (SSSR count). The highest BCUT2D eigenvalue weighted by Crippen LogP contribution is 2.52. The van der Waals surface area contributed by atoms with E-state index in [4.69, 9.17) is 0 Å². The van der Waals surface area contributed by atoms with Gasteiger partial charge in [-0.15, -0.1) is 0 Å². The second-order valence-corrected chi connectivity index (χ2v) is 6.65. The number of halogens is 3. The fourth-order valence-corrected chi connectivity index (χ4v) is 3.96. The van der Waals surface area contributed by atoms with E-state index in [2.05, 4.69) is 17.5 Å². The van der Waals surface area contributed by atoms with E-state index in [1.807, 2.05) is 37.3 Å². The molecule has 4 heteroatoms. The second kappa shape index (κ2) is 5.40. The van der Waals surface area contributed by atoms with Gasteiger partial charge in [0.05, 0.1) is 17.3 Å². The van der Waals surface area contributed by atoms with Crippen LogP contribution in [0.15, 0.2) is 54.6 Å². The first-order valence-corrected chi connectivity index (χ1v) is 8.15. The lowest BCUT2D eigenvalue weighted by atomic mass is 9.76. The summed E-state index contributed by atoms with van der Waals surface area (Å²) in [5.41, 5.74) is 2.61. The molecule has 0 radical (unpaired) electrons. The van der Waals surface area contributed by atoms with E-state index in [1.54, 1.807) is 0 Å². The number of anilines is 1. The Hall–Kier alpha value is -2.23. The molecule has 0 bridgehead atoms. The van der Waals surface area contributed by atoms with Crippen LogP contribution < -0.4 is 5.32 Å². The van der Waals surface area contributed by atoms with E-state index in [-0.39, 0.29) is 23.6 Å². The summed E-state index contributed by atoms with van der Waals surface area (Å²) in [6.07, 6.45) is 0.677. The van der Waals surface area contributed by atoms with E-state index in [9.17, 15) is 13.2 Å². The monoisotopic (exact) mass is 329 g/mol. The first kappa shape index (κ1) is 15.3. The van der Waals surface area contributed by atoms with E-state index in [1.165, 1.54) is 6.07 Å². The highest BCUT2D eigenvalue weighted by atomic mass is 19.4. The number of para-hydroxylation sites is 1. The number of rotatable bonds is 1. The fourth-order valence-electron chi connectivity index (χ4n) is 3.96. The summed E-state index contributed by atoms with van der Waals surface area (Å²) in [4.78, 5) is 0. The average molecular weight is 329 g/mol. The maximum Gasteiger partial charge on any atom is 0.418 e. The zero-order valence-electron chi connectivity index (χ0n) is 13.3. The maximum atomic E-state index is 13.4. The van der Waals surface area contributed by atoms with Crippen LogP contribution in [0.25, 0.3) is 0 Å². The Labute approximate surface area is 139 Å². The van der Waals surface area contributed by atoms with Crippen molar-refractivity contribution in [3.8, 4) is 0 Å². The third-order valence-electron chi connectivity index (χ3n) is 5.14. The van der Waals surface area contributed by atoms with Gasteiger partial charge in [0, 0.05) is 5.92 Å². The van der Waals surface area contributed by atoms with E-state index >= 15 is 0 Å². The molecule has 1 nitrogen and oxygen atoms in total. The summed E-state index contributed by atoms with van der Waals surface area (Å²) in [6, 6.07) is 12.4. The topological polar surface area (TPSA) is 12.0 Å². The van der Waals surface area contributed by atoms with E-state index in [0.717, 1.165) is 29.2 Å². The van der Waals surface area contributed by atoms with Gasteiger partial charge in [-0.1, -0.05) is 54.1 Å². The molecule has 1 aliphatic carbocycles. The number of allylic oxidation sites excluding steroid dienone is 2. The molecule has 0 amide bonds. The molecule has 0 aromatic heterocycles. The number of fused-ring (bicyclic) bond motifs is 3. The fraction of sp³-hybridized carbons (Fsp3) is 0.300. The van der Waals surface area contributed by atoms with Gasteiger partial charge in [-0.25, -0.2) is 0 Å². The third kappa shape index (κ3) is 2.41. The van der Waals surface area contributed by atoms with Gasteiger partial charge < -0.3 is 5.32 Å². The van der Waals surface area contributed by atoms with Crippen molar-refractivity contribution in [1.82, 2.24) is 0 Å². The van der Waals surface area contributed by atoms with Gasteiger partial charge in [-0.2, -0.15) is 13.2 Å². The zero-order chi connectivity index (χ0) is 16.9. The number of hydrogen-bond donors (Lipinski definition) is 1. The Bertz CT molecular complexity index is 790. The third-order valence-corrected chi connectivity index (χ3v) is 5.14.